The van der Waals surface area contributed by atoms with Crippen molar-refractivity contribution in [2.75, 3.05) is 81.8 Å². The highest BCUT2D eigenvalue weighted by atomic mass is 79.9. The van der Waals surface area contributed by atoms with Crippen LogP contribution in [0, 0.1) is 23.3 Å². The molecule has 2 saturated heterocycles. The number of rotatable bonds is 12. The molecule has 0 spiro atoms. The van der Waals surface area contributed by atoms with E-state index >= 15 is 4.39 Å². The summed E-state index contributed by atoms with van der Waals surface area (Å²) in [6.45, 7) is 10.6. The molecule has 0 unspecified atom stereocenters. The van der Waals surface area contributed by atoms with Crippen LogP contribution in [0.15, 0.2) is 86.2 Å². The Balaban J connectivity index is 0.000000220. The molecule has 21 heteroatoms. The molecule has 4 amide bonds. The first-order valence-corrected chi connectivity index (χ1v) is 22.6. The molecule has 2 N–H and O–H groups in total. The SMILES string of the molecule is CCN1CCN(C(=O)N(Cc2ccc(-c3nnc(C(F)F)o3)cc2F)c2ccc(F)c(Br)c2)CC1.CCN1CCN(C(=O)N(Cc2ccc(C(=O)CN)cc2F)c2ccc(F)c(Br)c2)CC1. The second-order valence-electron chi connectivity index (χ2n) is 15.3. The van der Waals surface area contributed by atoms with E-state index in [1.807, 2.05) is 0 Å². The molecule has 5 aromatic rings. The van der Waals surface area contributed by atoms with E-state index in [4.69, 9.17) is 10.2 Å². The predicted octanol–water partition coefficient (Wildman–Crippen LogP) is 9.11. The number of hydrogen-bond donors (Lipinski definition) is 1. The van der Waals surface area contributed by atoms with E-state index in [2.05, 4.69) is 65.7 Å². The summed E-state index contributed by atoms with van der Waals surface area (Å²) in [6.07, 6.45) is -2.94. The molecule has 0 bridgehead atoms. The third-order valence-electron chi connectivity index (χ3n) is 11.2. The van der Waals surface area contributed by atoms with Gasteiger partial charge in [-0.3, -0.25) is 14.6 Å². The lowest BCUT2D eigenvalue weighted by molar-refractivity contribution is 0.100. The van der Waals surface area contributed by atoms with Crippen LogP contribution in [0.4, 0.5) is 47.3 Å². The number of anilines is 2. The number of Topliss-reactive ketones (excluding diaryl/α,β-unsaturated/α-hetero) is 1. The fraction of sp³-hybridized carbons (Fsp3) is 0.356. The number of likely N-dealkylation sites (N-methyl/N-ethyl adjacent to an activating group) is 2. The predicted molar refractivity (Wildman–Crippen MR) is 243 cm³/mol. The first-order chi connectivity index (χ1) is 31.6. The molecule has 66 heavy (non-hydrogen) atoms. The molecular weight excluding hydrogens is 1000 g/mol. The summed E-state index contributed by atoms with van der Waals surface area (Å²) in [4.78, 5) is 49.2. The van der Waals surface area contributed by atoms with Gasteiger partial charge < -0.3 is 29.8 Å². The minimum absolute atomic E-state index is 0.0617. The topological polar surface area (TPSA) is 136 Å². The monoisotopic (exact) mass is 1050 g/mol. The van der Waals surface area contributed by atoms with Crippen molar-refractivity contribution in [3.63, 3.8) is 0 Å². The maximum absolute atomic E-state index is 15.1. The largest absolute Gasteiger partial charge is 0.415 e. The summed E-state index contributed by atoms with van der Waals surface area (Å²) >= 11 is 6.29. The third-order valence-corrected chi connectivity index (χ3v) is 12.4. The van der Waals surface area contributed by atoms with Crippen LogP contribution in [0.5, 0.6) is 0 Å². The minimum Gasteiger partial charge on any atom is -0.415 e. The van der Waals surface area contributed by atoms with Crippen molar-refractivity contribution in [2.45, 2.75) is 33.4 Å². The second-order valence-corrected chi connectivity index (χ2v) is 17.0. The zero-order valence-electron chi connectivity index (χ0n) is 36.0. The van der Waals surface area contributed by atoms with Gasteiger partial charge in [-0.2, -0.15) is 8.78 Å². The normalized spacial score (nSPS) is 14.5. The number of ketones is 1. The van der Waals surface area contributed by atoms with Gasteiger partial charge >= 0.3 is 18.5 Å². The molecule has 4 aromatic carbocycles. The standard InChI is InChI=1S/C23H22BrF4N5O2.C22H25BrF2N4O2/c1-2-31-7-9-32(10-8-31)23(34)33(16-5-6-18(25)17(24)12-16)13-15-4-3-14(11-19(15)26)21-29-30-22(35-21)20(27)28;1-2-27-7-9-28(10-8-27)22(31)29(17-5-6-19(24)18(23)12-17)14-16-4-3-15(11-20(16)25)21(30)13-26/h3-6,11-12,20H,2,7-10,13H2,1H3;3-6,11-12H,2,7-10,13-14,26H2,1H3. The summed E-state index contributed by atoms with van der Waals surface area (Å²) in [6, 6.07) is 15.8. The van der Waals surface area contributed by atoms with E-state index in [1.54, 1.807) is 9.80 Å². The molecule has 0 radical (unpaired) electrons. The Morgan fingerprint density at radius 2 is 1.12 bits per heavy atom. The number of benzene rings is 4. The lowest BCUT2D eigenvalue weighted by Crippen LogP contribution is -2.52. The minimum atomic E-state index is -2.94. The molecule has 352 valence electrons. The average molecular weight is 1050 g/mol. The van der Waals surface area contributed by atoms with Crippen LogP contribution in [0.3, 0.4) is 0 Å². The van der Waals surface area contributed by atoms with Crippen molar-refractivity contribution < 1.29 is 45.1 Å². The van der Waals surface area contributed by atoms with Crippen molar-refractivity contribution in [3.8, 4) is 11.5 Å². The molecule has 0 aliphatic carbocycles. The number of amides is 4. The van der Waals surface area contributed by atoms with E-state index in [0.717, 1.165) is 51.4 Å². The fourth-order valence-electron chi connectivity index (χ4n) is 7.25. The average Bonchev–Trinajstić information content (AvgIpc) is 3.83. The maximum atomic E-state index is 15.1. The molecular formula is C45H47Br2F6N9O4. The van der Waals surface area contributed by atoms with Crippen LogP contribution < -0.4 is 15.5 Å². The first kappa shape index (κ1) is 50.1. The molecule has 0 saturated carbocycles. The van der Waals surface area contributed by atoms with E-state index in [1.165, 1.54) is 70.5 Å². The third kappa shape index (κ3) is 12.3. The van der Waals surface area contributed by atoms with Crippen molar-refractivity contribution in [3.05, 3.63) is 128 Å². The molecule has 0 atom stereocenters. The lowest BCUT2D eigenvalue weighted by Gasteiger charge is -2.37. The van der Waals surface area contributed by atoms with Gasteiger partial charge in [-0.05, 0) is 99.5 Å². The summed E-state index contributed by atoms with van der Waals surface area (Å²) in [7, 11) is 0. The highest BCUT2D eigenvalue weighted by Gasteiger charge is 2.29. The van der Waals surface area contributed by atoms with Crippen LogP contribution >= 0.6 is 31.9 Å². The summed E-state index contributed by atoms with van der Waals surface area (Å²) in [5.41, 5.74) is 6.91. The number of nitrogens with two attached hydrogens (primary N) is 1. The Bertz CT molecular complexity index is 2500. The molecule has 3 heterocycles. The summed E-state index contributed by atoms with van der Waals surface area (Å²) in [5.74, 6) is -3.70. The van der Waals surface area contributed by atoms with Crippen LogP contribution in [0.2, 0.25) is 0 Å². The number of hydrogen-bond acceptors (Lipinski definition) is 9. The van der Waals surface area contributed by atoms with Gasteiger partial charge in [0, 0.05) is 86.0 Å². The van der Waals surface area contributed by atoms with Crippen molar-refractivity contribution in [2.24, 2.45) is 5.73 Å². The lowest BCUT2D eigenvalue weighted by atomic mass is 10.1. The Morgan fingerprint density at radius 1 is 0.652 bits per heavy atom. The van der Waals surface area contributed by atoms with Crippen molar-refractivity contribution >= 4 is 61.1 Å². The number of carbonyl (C=O) groups is 3. The molecule has 7 rings (SSSR count). The Labute approximate surface area is 394 Å². The van der Waals surface area contributed by atoms with Gasteiger partial charge in [0.25, 0.3) is 5.89 Å². The number of carbonyl (C=O) groups excluding carboxylic acids is 3. The van der Waals surface area contributed by atoms with E-state index in [-0.39, 0.29) is 74.6 Å². The number of nitrogens with zero attached hydrogens (tertiary/aromatic N) is 8. The number of alkyl halides is 2. The van der Waals surface area contributed by atoms with Gasteiger partial charge in [0.2, 0.25) is 5.89 Å². The van der Waals surface area contributed by atoms with E-state index < -0.39 is 35.6 Å². The van der Waals surface area contributed by atoms with Crippen LogP contribution in [0.1, 0.15) is 47.6 Å². The van der Waals surface area contributed by atoms with Gasteiger partial charge in [-0.25, -0.2) is 27.2 Å². The Kier molecular flexibility index (Phi) is 17.4. The van der Waals surface area contributed by atoms with Crippen LogP contribution in [-0.4, -0.2) is 120 Å². The summed E-state index contributed by atoms with van der Waals surface area (Å²) < 4.78 is 88.2. The molecule has 1 aromatic heterocycles. The highest BCUT2D eigenvalue weighted by molar-refractivity contribution is 9.10. The Morgan fingerprint density at radius 3 is 1.52 bits per heavy atom. The zero-order chi connectivity index (χ0) is 47.7. The van der Waals surface area contributed by atoms with Gasteiger partial charge in [0.15, 0.2) is 5.78 Å². The number of piperazine rings is 2. The quantitative estimate of drug-likeness (QED) is 0.0959. The number of urea groups is 2. The van der Waals surface area contributed by atoms with Crippen LogP contribution in [-0.2, 0) is 13.1 Å². The van der Waals surface area contributed by atoms with E-state index in [0.29, 0.717) is 37.6 Å². The molecule has 2 fully saturated rings. The molecule has 2 aliphatic heterocycles. The molecule has 13 nitrogen and oxygen atoms in total. The van der Waals surface area contributed by atoms with Crippen LogP contribution in [0.25, 0.3) is 11.5 Å². The Hall–Kier alpha value is -5.35. The van der Waals surface area contributed by atoms with Gasteiger partial charge in [0.05, 0.1) is 28.6 Å². The van der Waals surface area contributed by atoms with Gasteiger partial charge in [0.1, 0.15) is 23.3 Å². The first-order valence-electron chi connectivity index (χ1n) is 21.0. The van der Waals surface area contributed by atoms with E-state index in [9.17, 15) is 36.3 Å². The van der Waals surface area contributed by atoms with Crippen molar-refractivity contribution in [1.82, 2.24) is 29.8 Å². The zero-order valence-corrected chi connectivity index (χ0v) is 39.2. The number of halogens is 8. The smallest absolute Gasteiger partial charge is 0.324 e. The fourth-order valence-corrected chi connectivity index (χ4v) is 7.99. The maximum Gasteiger partial charge on any atom is 0.324 e. The molecule has 2 aliphatic rings. The van der Waals surface area contributed by atoms with Gasteiger partial charge in [-0.1, -0.05) is 32.0 Å². The highest BCUT2D eigenvalue weighted by Crippen LogP contribution is 2.30. The second kappa shape index (κ2) is 22.9. The summed E-state index contributed by atoms with van der Waals surface area (Å²) in [5, 5.41) is 6.78. The van der Waals surface area contributed by atoms with Gasteiger partial charge in [-0.15, -0.1) is 10.2 Å². The van der Waals surface area contributed by atoms with Crippen molar-refractivity contribution in [1.29, 1.82) is 0 Å². The number of aromatic nitrogens is 2.